The van der Waals surface area contributed by atoms with E-state index in [0.29, 0.717) is 22.5 Å². The van der Waals surface area contributed by atoms with Gasteiger partial charge in [0.1, 0.15) is 0 Å². The molecule has 1 saturated heterocycles. The van der Waals surface area contributed by atoms with Crippen LogP contribution in [0.1, 0.15) is 33.6 Å². The maximum atomic E-state index is 12.8. The highest BCUT2D eigenvalue weighted by molar-refractivity contribution is 7.92. The van der Waals surface area contributed by atoms with Crippen molar-refractivity contribution in [1.82, 2.24) is 4.90 Å². The largest absolute Gasteiger partial charge is 0.339 e. The fourth-order valence-electron chi connectivity index (χ4n) is 3.57. The summed E-state index contributed by atoms with van der Waals surface area (Å²) in [7, 11) is -3.71. The third kappa shape index (κ3) is 4.81. The van der Waals surface area contributed by atoms with E-state index >= 15 is 0 Å². The van der Waals surface area contributed by atoms with Crippen molar-refractivity contribution in [1.29, 1.82) is 0 Å². The Kier molecular flexibility index (Phi) is 6.23. The Hall–Kier alpha value is -3.65. The van der Waals surface area contributed by atoms with E-state index < -0.39 is 10.0 Å². The van der Waals surface area contributed by atoms with Crippen LogP contribution in [0.4, 0.5) is 11.4 Å². The number of hydrogen-bond acceptors (Lipinski definition) is 4. The van der Waals surface area contributed by atoms with E-state index in [1.165, 1.54) is 36.4 Å². The number of anilines is 2. The molecule has 1 aliphatic rings. The van der Waals surface area contributed by atoms with E-state index in [9.17, 15) is 18.0 Å². The molecular formula is C24H23N3O4S. The van der Waals surface area contributed by atoms with Gasteiger partial charge in [0.15, 0.2) is 0 Å². The lowest BCUT2D eigenvalue weighted by Gasteiger charge is -2.18. The van der Waals surface area contributed by atoms with E-state index in [1.807, 2.05) is 0 Å². The first-order valence-electron chi connectivity index (χ1n) is 10.3. The van der Waals surface area contributed by atoms with Crippen molar-refractivity contribution in [3.05, 3.63) is 90.0 Å². The number of likely N-dealkylation sites (tertiary alicyclic amines) is 1. The van der Waals surface area contributed by atoms with Gasteiger partial charge in [-0.25, -0.2) is 8.42 Å². The van der Waals surface area contributed by atoms with Gasteiger partial charge in [-0.2, -0.15) is 0 Å². The Labute approximate surface area is 187 Å². The molecule has 1 heterocycles. The molecule has 3 aromatic rings. The molecule has 0 saturated carbocycles. The van der Waals surface area contributed by atoms with Crippen LogP contribution in [0.25, 0.3) is 0 Å². The normalized spacial score (nSPS) is 13.6. The molecular weight excluding hydrogens is 426 g/mol. The summed E-state index contributed by atoms with van der Waals surface area (Å²) >= 11 is 0. The zero-order valence-electron chi connectivity index (χ0n) is 17.3. The Balaban J connectivity index is 1.47. The van der Waals surface area contributed by atoms with Crippen LogP contribution in [0, 0.1) is 0 Å². The van der Waals surface area contributed by atoms with Gasteiger partial charge in [-0.1, -0.05) is 30.3 Å². The number of nitrogens with one attached hydrogen (secondary N) is 2. The SMILES string of the molecule is O=C(Nc1ccccc1C(=O)N1CCCC1)c1ccc(NS(=O)(=O)c2ccccc2)cc1. The maximum absolute atomic E-state index is 12.8. The molecule has 1 aliphatic heterocycles. The lowest BCUT2D eigenvalue weighted by Crippen LogP contribution is -2.28. The number of carbonyl (C=O) groups excluding carboxylic acids is 2. The van der Waals surface area contributed by atoms with Crippen molar-refractivity contribution in [2.75, 3.05) is 23.1 Å². The van der Waals surface area contributed by atoms with Crippen LogP contribution in [-0.2, 0) is 10.0 Å². The third-order valence-electron chi connectivity index (χ3n) is 5.25. The number of para-hydroxylation sites is 1. The smallest absolute Gasteiger partial charge is 0.261 e. The highest BCUT2D eigenvalue weighted by Gasteiger charge is 2.22. The van der Waals surface area contributed by atoms with Crippen molar-refractivity contribution in [2.45, 2.75) is 17.7 Å². The summed E-state index contributed by atoms with van der Waals surface area (Å²) in [5.74, 6) is -0.479. The average molecular weight is 450 g/mol. The van der Waals surface area contributed by atoms with E-state index in [2.05, 4.69) is 10.0 Å². The average Bonchev–Trinajstić information content (AvgIpc) is 3.35. The predicted molar refractivity (Wildman–Crippen MR) is 123 cm³/mol. The first-order chi connectivity index (χ1) is 15.4. The number of rotatable bonds is 6. The summed E-state index contributed by atoms with van der Waals surface area (Å²) in [6, 6.07) is 21.1. The standard InChI is InChI=1S/C24H23N3O4S/c28-23(25-22-11-5-4-10-21(22)24(29)27-16-6-7-17-27)18-12-14-19(15-13-18)26-32(30,31)20-8-2-1-3-9-20/h1-5,8-15,26H,6-7,16-17H2,(H,25,28). The lowest BCUT2D eigenvalue weighted by molar-refractivity contribution is 0.0794. The molecule has 32 heavy (non-hydrogen) atoms. The summed E-state index contributed by atoms with van der Waals surface area (Å²) in [5.41, 5.74) is 1.59. The molecule has 7 nitrogen and oxygen atoms in total. The van der Waals surface area contributed by atoms with Gasteiger partial charge in [0, 0.05) is 24.3 Å². The van der Waals surface area contributed by atoms with Crippen LogP contribution < -0.4 is 10.0 Å². The second-order valence-corrected chi connectivity index (χ2v) is 9.18. The van der Waals surface area contributed by atoms with Gasteiger partial charge in [0.05, 0.1) is 16.1 Å². The van der Waals surface area contributed by atoms with Crippen molar-refractivity contribution in [2.24, 2.45) is 0 Å². The summed E-state index contributed by atoms with van der Waals surface area (Å²) in [6.45, 7) is 1.45. The van der Waals surface area contributed by atoms with Crippen molar-refractivity contribution in [3.8, 4) is 0 Å². The Morgan fingerprint density at radius 2 is 1.41 bits per heavy atom. The van der Waals surface area contributed by atoms with Gasteiger partial charge in [0.2, 0.25) is 0 Å². The zero-order chi connectivity index (χ0) is 22.6. The number of amides is 2. The predicted octanol–water partition coefficient (Wildman–Crippen LogP) is 3.98. The number of nitrogens with zero attached hydrogens (tertiary/aromatic N) is 1. The fourth-order valence-corrected chi connectivity index (χ4v) is 4.65. The van der Waals surface area contributed by atoms with E-state index in [4.69, 9.17) is 0 Å². The van der Waals surface area contributed by atoms with Gasteiger partial charge in [-0.05, 0) is 61.4 Å². The van der Waals surface area contributed by atoms with Gasteiger partial charge in [-0.15, -0.1) is 0 Å². The van der Waals surface area contributed by atoms with E-state index in [0.717, 1.165) is 25.9 Å². The molecule has 0 aromatic heterocycles. The van der Waals surface area contributed by atoms with Crippen LogP contribution in [0.2, 0.25) is 0 Å². The highest BCUT2D eigenvalue weighted by atomic mass is 32.2. The molecule has 0 aliphatic carbocycles. The van der Waals surface area contributed by atoms with Crippen molar-refractivity contribution in [3.63, 3.8) is 0 Å². The van der Waals surface area contributed by atoms with Crippen LogP contribution in [-0.4, -0.2) is 38.2 Å². The van der Waals surface area contributed by atoms with Gasteiger partial charge in [0.25, 0.3) is 21.8 Å². The first kappa shape index (κ1) is 21.6. The molecule has 0 unspecified atom stereocenters. The second kappa shape index (κ2) is 9.23. The minimum atomic E-state index is -3.71. The van der Waals surface area contributed by atoms with Crippen LogP contribution in [0.5, 0.6) is 0 Å². The quantitative estimate of drug-likeness (QED) is 0.595. The van der Waals surface area contributed by atoms with Gasteiger partial charge < -0.3 is 10.2 Å². The molecule has 1 fully saturated rings. The monoisotopic (exact) mass is 449 g/mol. The van der Waals surface area contributed by atoms with Crippen LogP contribution >= 0.6 is 0 Å². The summed E-state index contributed by atoms with van der Waals surface area (Å²) in [6.07, 6.45) is 1.97. The molecule has 8 heteroatoms. The van der Waals surface area contributed by atoms with Crippen molar-refractivity contribution >= 4 is 33.2 Å². The zero-order valence-corrected chi connectivity index (χ0v) is 18.1. The summed E-state index contributed by atoms with van der Waals surface area (Å²) < 4.78 is 27.4. The molecule has 3 aromatic carbocycles. The van der Waals surface area contributed by atoms with Crippen molar-refractivity contribution < 1.29 is 18.0 Å². The number of carbonyl (C=O) groups is 2. The molecule has 0 bridgehead atoms. The third-order valence-corrected chi connectivity index (χ3v) is 6.65. The second-order valence-electron chi connectivity index (χ2n) is 7.49. The summed E-state index contributed by atoms with van der Waals surface area (Å²) in [4.78, 5) is 27.5. The molecule has 0 radical (unpaired) electrons. The maximum Gasteiger partial charge on any atom is 0.261 e. The molecule has 164 valence electrons. The molecule has 0 atom stereocenters. The number of hydrogen-bond donors (Lipinski definition) is 2. The van der Waals surface area contributed by atoms with E-state index in [-0.39, 0.29) is 16.7 Å². The molecule has 4 rings (SSSR count). The molecule has 2 amide bonds. The topological polar surface area (TPSA) is 95.6 Å². The number of benzene rings is 3. The minimum absolute atomic E-state index is 0.0935. The lowest BCUT2D eigenvalue weighted by atomic mass is 10.1. The first-order valence-corrected chi connectivity index (χ1v) is 11.8. The van der Waals surface area contributed by atoms with Gasteiger partial charge in [-0.3, -0.25) is 14.3 Å². The molecule has 2 N–H and O–H groups in total. The van der Waals surface area contributed by atoms with Crippen LogP contribution in [0.15, 0.2) is 83.8 Å². The Bertz CT molecular complexity index is 1220. The minimum Gasteiger partial charge on any atom is -0.339 e. The Morgan fingerprint density at radius 1 is 0.781 bits per heavy atom. The highest BCUT2D eigenvalue weighted by Crippen LogP contribution is 2.22. The van der Waals surface area contributed by atoms with Gasteiger partial charge >= 0.3 is 0 Å². The van der Waals surface area contributed by atoms with Crippen LogP contribution in [0.3, 0.4) is 0 Å². The molecule has 0 spiro atoms. The number of sulfonamides is 1. The summed E-state index contributed by atoms with van der Waals surface area (Å²) in [5, 5.41) is 2.80. The van der Waals surface area contributed by atoms with E-state index in [1.54, 1.807) is 47.4 Å². The Morgan fingerprint density at radius 3 is 2.09 bits per heavy atom. The fraction of sp³-hybridized carbons (Fsp3) is 0.167.